The van der Waals surface area contributed by atoms with Gasteiger partial charge in [-0.3, -0.25) is 14.5 Å². The minimum atomic E-state index is -0.524. The SMILES string of the molecule is O=[N+]([O-])c1cnc2nnc(C3COc4ccccc4O3)n2c1. The summed E-state index contributed by atoms with van der Waals surface area (Å²) in [6, 6.07) is 7.27. The normalized spacial score (nSPS) is 16.6. The van der Waals surface area contributed by atoms with Crippen LogP contribution in [0.3, 0.4) is 0 Å². The molecule has 9 nitrogen and oxygen atoms in total. The molecular formula is C13H9N5O4. The summed E-state index contributed by atoms with van der Waals surface area (Å²) in [5.74, 6) is 1.91. The predicted octanol–water partition coefficient (Wildman–Crippen LogP) is 1.54. The largest absolute Gasteiger partial charge is 0.485 e. The molecule has 0 N–H and O–H groups in total. The van der Waals surface area contributed by atoms with E-state index in [0.717, 1.165) is 6.20 Å². The Balaban J connectivity index is 1.75. The first-order valence-electron chi connectivity index (χ1n) is 6.46. The standard InChI is InChI=1S/C13H9N5O4/c19-18(20)8-5-14-13-16-15-12(17(13)6-8)11-7-21-9-3-1-2-4-10(9)22-11/h1-6,11H,7H2. The van der Waals surface area contributed by atoms with Gasteiger partial charge in [-0.2, -0.15) is 0 Å². The lowest BCUT2D eigenvalue weighted by molar-refractivity contribution is -0.385. The summed E-state index contributed by atoms with van der Waals surface area (Å²) in [4.78, 5) is 14.3. The van der Waals surface area contributed by atoms with Gasteiger partial charge in [-0.15, -0.1) is 10.2 Å². The molecule has 4 rings (SSSR count). The van der Waals surface area contributed by atoms with Gasteiger partial charge in [0.05, 0.1) is 11.1 Å². The zero-order valence-electron chi connectivity index (χ0n) is 11.1. The molecule has 0 amide bonds. The van der Waals surface area contributed by atoms with Crippen LogP contribution >= 0.6 is 0 Å². The number of hydrogen-bond acceptors (Lipinski definition) is 7. The Bertz CT molecular complexity index is 878. The molecule has 1 aliphatic heterocycles. The molecule has 0 aliphatic carbocycles. The van der Waals surface area contributed by atoms with E-state index >= 15 is 0 Å². The fourth-order valence-electron chi connectivity index (χ4n) is 2.26. The van der Waals surface area contributed by atoms with Crippen LogP contribution in [0, 0.1) is 10.1 Å². The van der Waals surface area contributed by atoms with E-state index in [1.54, 1.807) is 12.1 Å². The van der Waals surface area contributed by atoms with Crippen molar-refractivity contribution in [2.45, 2.75) is 6.10 Å². The maximum Gasteiger partial charge on any atom is 0.304 e. The molecule has 2 aromatic heterocycles. The average Bonchev–Trinajstić information content (AvgIpc) is 2.97. The fourth-order valence-corrected chi connectivity index (χ4v) is 2.26. The molecule has 1 unspecified atom stereocenters. The van der Waals surface area contributed by atoms with E-state index < -0.39 is 11.0 Å². The Labute approximate surface area is 123 Å². The van der Waals surface area contributed by atoms with E-state index in [-0.39, 0.29) is 18.1 Å². The number of aromatic nitrogens is 4. The Morgan fingerprint density at radius 3 is 2.91 bits per heavy atom. The number of hydrogen-bond donors (Lipinski definition) is 0. The van der Waals surface area contributed by atoms with Crippen molar-refractivity contribution in [3.63, 3.8) is 0 Å². The first-order valence-corrected chi connectivity index (χ1v) is 6.46. The molecule has 1 aliphatic rings. The molecule has 1 atom stereocenters. The van der Waals surface area contributed by atoms with Gasteiger partial charge in [0, 0.05) is 0 Å². The molecule has 110 valence electrons. The number of fused-ring (bicyclic) bond motifs is 2. The summed E-state index contributed by atoms with van der Waals surface area (Å²) >= 11 is 0. The molecule has 0 saturated heterocycles. The highest BCUT2D eigenvalue weighted by Gasteiger charge is 2.27. The quantitative estimate of drug-likeness (QED) is 0.522. The Morgan fingerprint density at radius 2 is 2.09 bits per heavy atom. The topological polar surface area (TPSA) is 105 Å². The molecule has 0 saturated carbocycles. The summed E-state index contributed by atoms with van der Waals surface area (Å²) in [6.07, 6.45) is 1.94. The summed E-state index contributed by atoms with van der Waals surface area (Å²) in [5.41, 5.74) is -0.148. The molecule has 22 heavy (non-hydrogen) atoms. The number of ether oxygens (including phenoxy) is 2. The van der Waals surface area contributed by atoms with Crippen LogP contribution in [0.25, 0.3) is 5.78 Å². The number of benzene rings is 1. The highest BCUT2D eigenvalue weighted by Crippen LogP contribution is 2.35. The second-order valence-corrected chi connectivity index (χ2v) is 4.66. The third-order valence-corrected chi connectivity index (χ3v) is 3.29. The Hall–Kier alpha value is -3.23. The van der Waals surface area contributed by atoms with E-state index in [1.807, 2.05) is 12.1 Å². The van der Waals surface area contributed by atoms with Crippen LogP contribution in [-0.4, -0.2) is 31.1 Å². The van der Waals surface area contributed by atoms with Crippen molar-refractivity contribution < 1.29 is 14.4 Å². The van der Waals surface area contributed by atoms with Crippen LogP contribution < -0.4 is 9.47 Å². The highest BCUT2D eigenvalue weighted by molar-refractivity contribution is 5.41. The van der Waals surface area contributed by atoms with Gasteiger partial charge in [-0.1, -0.05) is 12.1 Å². The Morgan fingerprint density at radius 1 is 1.27 bits per heavy atom. The monoisotopic (exact) mass is 299 g/mol. The maximum absolute atomic E-state index is 10.9. The molecule has 3 heterocycles. The van der Waals surface area contributed by atoms with E-state index in [9.17, 15) is 10.1 Å². The van der Waals surface area contributed by atoms with Crippen LogP contribution in [0.4, 0.5) is 5.69 Å². The average molecular weight is 299 g/mol. The first kappa shape index (κ1) is 12.5. The lowest BCUT2D eigenvalue weighted by atomic mass is 10.2. The van der Waals surface area contributed by atoms with Crippen molar-refractivity contribution in [3.05, 3.63) is 52.6 Å². The summed E-state index contributed by atoms with van der Waals surface area (Å²) in [5, 5.41) is 18.8. The number of nitrogens with zero attached hydrogens (tertiary/aromatic N) is 5. The van der Waals surface area contributed by atoms with Gasteiger partial charge in [-0.05, 0) is 12.1 Å². The van der Waals surface area contributed by atoms with Crippen LogP contribution in [0.1, 0.15) is 11.9 Å². The van der Waals surface area contributed by atoms with Crippen LogP contribution in [0.2, 0.25) is 0 Å². The molecule has 0 fully saturated rings. The van der Waals surface area contributed by atoms with Crippen molar-refractivity contribution in [2.24, 2.45) is 0 Å². The third kappa shape index (κ3) is 1.91. The first-order chi connectivity index (χ1) is 10.7. The van der Waals surface area contributed by atoms with Gasteiger partial charge in [-0.25, -0.2) is 4.98 Å². The van der Waals surface area contributed by atoms with Crippen molar-refractivity contribution in [2.75, 3.05) is 6.61 Å². The smallest absolute Gasteiger partial charge is 0.304 e. The lowest BCUT2D eigenvalue weighted by Crippen LogP contribution is -2.23. The highest BCUT2D eigenvalue weighted by atomic mass is 16.6. The molecule has 3 aromatic rings. The second-order valence-electron chi connectivity index (χ2n) is 4.66. The van der Waals surface area contributed by atoms with Gasteiger partial charge in [0.2, 0.25) is 0 Å². The molecular weight excluding hydrogens is 290 g/mol. The third-order valence-electron chi connectivity index (χ3n) is 3.29. The maximum atomic E-state index is 10.9. The fraction of sp³-hybridized carbons (Fsp3) is 0.154. The predicted molar refractivity (Wildman–Crippen MR) is 72.7 cm³/mol. The minimum Gasteiger partial charge on any atom is -0.485 e. The minimum absolute atomic E-state index is 0.148. The molecule has 0 bridgehead atoms. The van der Waals surface area contributed by atoms with Crippen molar-refractivity contribution in [1.82, 2.24) is 19.6 Å². The summed E-state index contributed by atoms with van der Waals surface area (Å²) < 4.78 is 12.9. The van der Waals surface area contributed by atoms with E-state index in [4.69, 9.17) is 9.47 Å². The van der Waals surface area contributed by atoms with Crippen LogP contribution in [-0.2, 0) is 0 Å². The van der Waals surface area contributed by atoms with Gasteiger partial charge in [0.25, 0.3) is 5.78 Å². The van der Waals surface area contributed by atoms with Gasteiger partial charge in [0.1, 0.15) is 12.8 Å². The van der Waals surface area contributed by atoms with Gasteiger partial charge in [0.15, 0.2) is 23.4 Å². The molecule has 1 aromatic carbocycles. The zero-order chi connectivity index (χ0) is 15.1. The number of rotatable bonds is 2. The lowest BCUT2D eigenvalue weighted by Gasteiger charge is -2.25. The van der Waals surface area contributed by atoms with Crippen LogP contribution in [0.15, 0.2) is 36.7 Å². The van der Waals surface area contributed by atoms with E-state index in [2.05, 4.69) is 15.2 Å². The Kier molecular flexibility index (Phi) is 2.65. The van der Waals surface area contributed by atoms with Gasteiger partial charge >= 0.3 is 5.69 Å². The summed E-state index contributed by atoms with van der Waals surface area (Å²) in [6.45, 7) is 0.237. The molecule has 0 spiro atoms. The van der Waals surface area contributed by atoms with Crippen molar-refractivity contribution in [3.8, 4) is 11.5 Å². The number of nitro groups is 1. The zero-order valence-corrected chi connectivity index (χ0v) is 11.1. The molecule has 9 heteroatoms. The van der Waals surface area contributed by atoms with Crippen LogP contribution in [0.5, 0.6) is 11.5 Å². The van der Waals surface area contributed by atoms with E-state index in [0.29, 0.717) is 17.3 Å². The number of para-hydroxylation sites is 2. The molecule has 0 radical (unpaired) electrons. The van der Waals surface area contributed by atoms with Crippen molar-refractivity contribution in [1.29, 1.82) is 0 Å². The van der Waals surface area contributed by atoms with Crippen molar-refractivity contribution >= 4 is 11.5 Å². The van der Waals surface area contributed by atoms with E-state index in [1.165, 1.54) is 10.6 Å². The second kappa shape index (κ2) is 4.65. The van der Waals surface area contributed by atoms with Gasteiger partial charge < -0.3 is 9.47 Å². The summed E-state index contributed by atoms with van der Waals surface area (Å²) in [7, 11) is 0.